The Labute approximate surface area is 160 Å². The van der Waals surface area contributed by atoms with Gasteiger partial charge < -0.3 is 11.1 Å². The van der Waals surface area contributed by atoms with E-state index in [9.17, 15) is 14.9 Å². The summed E-state index contributed by atoms with van der Waals surface area (Å²) >= 11 is 1.46. The Hall–Kier alpha value is -3.13. The first kappa shape index (κ1) is 18.7. The van der Waals surface area contributed by atoms with Crippen molar-refractivity contribution in [2.75, 3.05) is 0 Å². The normalized spacial score (nSPS) is 16.5. The number of primary amides is 1. The third kappa shape index (κ3) is 4.35. The van der Waals surface area contributed by atoms with E-state index >= 15 is 0 Å². The van der Waals surface area contributed by atoms with Crippen molar-refractivity contribution in [1.29, 1.82) is 0 Å². The number of carbonyl (C=O) groups is 1. The van der Waals surface area contributed by atoms with Gasteiger partial charge in [0.25, 0.3) is 5.69 Å². The van der Waals surface area contributed by atoms with E-state index in [-0.39, 0.29) is 5.69 Å². The Balaban J connectivity index is 1.79. The summed E-state index contributed by atoms with van der Waals surface area (Å²) in [6, 6.07) is 15.5. The lowest BCUT2D eigenvalue weighted by atomic mass is 9.96. The third-order valence-corrected chi connectivity index (χ3v) is 5.08. The number of nitrogens with one attached hydrogen (secondary N) is 1. The molecule has 0 spiro atoms. The van der Waals surface area contributed by atoms with Gasteiger partial charge in [0.2, 0.25) is 5.91 Å². The first-order chi connectivity index (χ1) is 13.0. The van der Waals surface area contributed by atoms with Crippen molar-refractivity contribution in [2.24, 2.45) is 10.7 Å². The zero-order chi connectivity index (χ0) is 19.4. The molecule has 3 rings (SSSR count). The van der Waals surface area contributed by atoms with Gasteiger partial charge in [-0.3, -0.25) is 14.9 Å². The molecule has 0 saturated heterocycles. The van der Waals surface area contributed by atoms with E-state index in [1.807, 2.05) is 30.3 Å². The second-order valence-electron chi connectivity index (χ2n) is 5.99. The number of amidine groups is 1. The molecule has 0 radical (unpaired) electrons. The van der Waals surface area contributed by atoms with Crippen LogP contribution in [0.25, 0.3) is 0 Å². The van der Waals surface area contributed by atoms with E-state index in [0.29, 0.717) is 22.2 Å². The van der Waals surface area contributed by atoms with Crippen molar-refractivity contribution in [1.82, 2.24) is 5.32 Å². The Morgan fingerprint density at radius 2 is 1.89 bits per heavy atom. The summed E-state index contributed by atoms with van der Waals surface area (Å²) in [6.07, 6.45) is 0. The Morgan fingerprint density at radius 3 is 2.48 bits per heavy atom. The van der Waals surface area contributed by atoms with Crippen molar-refractivity contribution in [3.63, 3.8) is 0 Å². The third-order valence-electron chi connectivity index (χ3n) is 4.12. The number of aliphatic imine (C=N–C) groups is 1. The molecule has 0 saturated carbocycles. The number of carbonyl (C=O) groups excluding carboxylic acids is 1. The van der Waals surface area contributed by atoms with Gasteiger partial charge in [-0.05, 0) is 18.1 Å². The molecule has 1 heterocycles. The number of nitro groups is 1. The summed E-state index contributed by atoms with van der Waals surface area (Å²) in [5.74, 6) is 0.0851. The van der Waals surface area contributed by atoms with Crippen LogP contribution >= 0.6 is 11.8 Å². The van der Waals surface area contributed by atoms with Crippen LogP contribution in [0.2, 0.25) is 0 Å². The van der Waals surface area contributed by atoms with Gasteiger partial charge in [0.1, 0.15) is 6.04 Å². The van der Waals surface area contributed by atoms with E-state index in [1.165, 1.54) is 23.9 Å². The highest BCUT2D eigenvalue weighted by atomic mass is 32.2. The number of allylic oxidation sites excluding steroid dienone is 1. The molecular formula is C19H18N4O3S. The van der Waals surface area contributed by atoms with E-state index in [0.717, 1.165) is 11.1 Å². The maximum absolute atomic E-state index is 11.9. The lowest BCUT2D eigenvalue weighted by molar-refractivity contribution is -0.384. The fraction of sp³-hybridized carbons (Fsp3) is 0.158. The lowest BCUT2D eigenvalue weighted by Crippen LogP contribution is -2.32. The highest BCUT2D eigenvalue weighted by Gasteiger charge is 2.27. The molecule has 1 aliphatic heterocycles. The van der Waals surface area contributed by atoms with Gasteiger partial charge in [0.15, 0.2) is 5.17 Å². The molecule has 0 bridgehead atoms. The molecule has 0 aromatic heterocycles. The molecule has 2 aromatic rings. The number of benzene rings is 2. The largest absolute Gasteiger partial charge is 0.366 e. The van der Waals surface area contributed by atoms with Crippen LogP contribution in [0.3, 0.4) is 0 Å². The minimum absolute atomic E-state index is 0.0610. The van der Waals surface area contributed by atoms with Gasteiger partial charge in [0.05, 0.1) is 10.5 Å². The predicted octanol–water partition coefficient (Wildman–Crippen LogP) is 3.29. The van der Waals surface area contributed by atoms with Gasteiger partial charge in [-0.15, -0.1) is 0 Å². The summed E-state index contributed by atoms with van der Waals surface area (Å²) in [5, 5.41) is 14.5. The summed E-state index contributed by atoms with van der Waals surface area (Å²) in [4.78, 5) is 26.9. The number of hydrogen-bond donors (Lipinski definition) is 2. The molecule has 1 amide bonds. The fourth-order valence-corrected chi connectivity index (χ4v) is 3.68. The first-order valence-electron chi connectivity index (χ1n) is 8.22. The van der Waals surface area contributed by atoms with Crippen LogP contribution in [0.4, 0.5) is 5.69 Å². The summed E-state index contributed by atoms with van der Waals surface area (Å²) < 4.78 is 0. The SMILES string of the molecule is CC1=C(C(N)=O)[C@@H](c2ccccc2)N=C(SCc2ccc([N+](=O)[O-])cc2)N1. The standard InChI is InChI=1S/C19H18N4O3S/c1-12-16(18(20)24)17(14-5-3-2-4-6-14)22-19(21-12)27-11-13-7-9-15(10-8-13)23(25)26/h2-10,17H,11H2,1H3,(H2,20,24)(H,21,22)/t17-/m1/s1. The number of hydrogen-bond acceptors (Lipinski definition) is 6. The quantitative estimate of drug-likeness (QED) is 0.609. The van der Waals surface area contributed by atoms with Crippen molar-refractivity contribution >= 4 is 28.5 Å². The minimum Gasteiger partial charge on any atom is -0.366 e. The zero-order valence-corrected chi connectivity index (χ0v) is 15.4. The molecule has 1 aliphatic rings. The molecule has 138 valence electrons. The number of thioether (sulfide) groups is 1. The molecule has 0 unspecified atom stereocenters. The average molecular weight is 382 g/mol. The van der Waals surface area contributed by atoms with E-state index in [4.69, 9.17) is 5.73 Å². The van der Waals surface area contributed by atoms with Gasteiger partial charge in [0, 0.05) is 23.6 Å². The summed E-state index contributed by atoms with van der Waals surface area (Å²) in [6.45, 7) is 1.80. The highest BCUT2D eigenvalue weighted by Crippen LogP contribution is 2.32. The molecule has 2 aromatic carbocycles. The van der Waals surface area contributed by atoms with E-state index in [2.05, 4.69) is 10.3 Å². The Bertz CT molecular complexity index is 924. The van der Waals surface area contributed by atoms with Crippen LogP contribution in [-0.4, -0.2) is 16.0 Å². The van der Waals surface area contributed by atoms with Crippen LogP contribution in [0.1, 0.15) is 24.1 Å². The Morgan fingerprint density at radius 1 is 1.22 bits per heavy atom. The maximum atomic E-state index is 11.9. The molecule has 27 heavy (non-hydrogen) atoms. The van der Waals surface area contributed by atoms with Crippen LogP contribution < -0.4 is 11.1 Å². The molecule has 0 aliphatic carbocycles. The number of non-ortho nitro benzene ring substituents is 1. The number of amides is 1. The average Bonchev–Trinajstić information content (AvgIpc) is 2.66. The van der Waals surface area contributed by atoms with E-state index < -0.39 is 16.9 Å². The summed E-state index contributed by atoms with van der Waals surface area (Å²) in [5.41, 5.74) is 8.58. The molecule has 3 N–H and O–H groups in total. The van der Waals surface area contributed by atoms with Gasteiger partial charge in [-0.2, -0.15) is 0 Å². The second-order valence-corrected chi connectivity index (χ2v) is 6.95. The van der Waals surface area contributed by atoms with Crippen molar-refractivity contribution in [3.05, 3.63) is 87.1 Å². The van der Waals surface area contributed by atoms with Crippen molar-refractivity contribution in [2.45, 2.75) is 18.7 Å². The molecule has 8 heteroatoms. The van der Waals surface area contributed by atoms with Gasteiger partial charge in [-0.25, -0.2) is 4.99 Å². The van der Waals surface area contributed by atoms with E-state index in [1.54, 1.807) is 19.1 Å². The van der Waals surface area contributed by atoms with Crippen molar-refractivity contribution < 1.29 is 9.72 Å². The lowest BCUT2D eigenvalue weighted by Gasteiger charge is -2.25. The molecular weight excluding hydrogens is 364 g/mol. The second kappa shape index (κ2) is 8.05. The Kier molecular flexibility index (Phi) is 5.56. The molecule has 7 nitrogen and oxygen atoms in total. The molecule has 1 atom stereocenters. The first-order valence-corrected chi connectivity index (χ1v) is 9.20. The topological polar surface area (TPSA) is 111 Å². The smallest absolute Gasteiger partial charge is 0.269 e. The molecule has 0 fully saturated rings. The van der Waals surface area contributed by atoms with Crippen LogP contribution in [0, 0.1) is 10.1 Å². The number of nitro benzene ring substituents is 1. The van der Waals surface area contributed by atoms with Crippen LogP contribution in [-0.2, 0) is 10.5 Å². The predicted molar refractivity (Wildman–Crippen MR) is 106 cm³/mol. The highest BCUT2D eigenvalue weighted by molar-refractivity contribution is 8.13. The summed E-state index contributed by atoms with van der Waals surface area (Å²) in [7, 11) is 0. The monoisotopic (exact) mass is 382 g/mol. The zero-order valence-electron chi connectivity index (χ0n) is 14.6. The van der Waals surface area contributed by atoms with Crippen LogP contribution in [0.5, 0.6) is 0 Å². The van der Waals surface area contributed by atoms with Crippen molar-refractivity contribution in [3.8, 4) is 0 Å². The van der Waals surface area contributed by atoms with Gasteiger partial charge in [-0.1, -0.05) is 54.2 Å². The maximum Gasteiger partial charge on any atom is 0.269 e. The number of nitrogens with zero attached hydrogens (tertiary/aromatic N) is 2. The number of rotatable bonds is 5. The van der Waals surface area contributed by atoms with Crippen LogP contribution in [0.15, 0.2) is 70.9 Å². The fourth-order valence-electron chi connectivity index (χ4n) is 2.78. The van der Waals surface area contributed by atoms with Gasteiger partial charge >= 0.3 is 0 Å². The minimum atomic E-state index is -0.503. The number of nitrogens with two attached hydrogens (primary N) is 1.